The molecule has 0 spiro atoms. The van der Waals surface area contributed by atoms with Gasteiger partial charge in [0.05, 0.1) is 17.6 Å². The second-order valence-electron chi connectivity index (χ2n) is 2.63. The Morgan fingerprint density at radius 1 is 1.38 bits per heavy atom. The Kier molecular flexibility index (Phi) is 1.02. The van der Waals surface area contributed by atoms with Gasteiger partial charge in [0.2, 0.25) is 0 Å². The molecule has 0 aliphatic carbocycles. The summed E-state index contributed by atoms with van der Waals surface area (Å²) in [7, 11) is 0. The van der Waals surface area contributed by atoms with Crippen LogP contribution in [0.4, 0.5) is 0 Å². The molecule has 2 rings (SSSR count). The van der Waals surface area contributed by atoms with E-state index in [-0.39, 0.29) is 0 Å². The summed E-state index contributed by atoms with van der Waals surface area (Å²) in [6.07, 6.45) is 4.45. The zero-order valence-corrected chi connectivity index (χ0v) is 5.40. The van der Waals surface area contributed by atoms with Crippen molar-refractivity contribution in [3.8, 4) is 0 Å². The van der Waals surface area contributed by atoms with Gasteiger partial charge in [-0.2, -0.15) is 0 Å². The monoisotopic (exact) mass is 132 g/mol. The molecule has 0 aromatic carbocycles. The Balaban J connectivity index is 2.11. The van der Waals surface area contributed by atoms with Gasteiger partial charge in [0, 0.05) is 0 Å². The van der Waals surface area contributed by atoms with Crippen molar-refractivity contribution in [1.82, 2.24) is 0 Å². The zero-order chi connectivity index (χ0) is 5.56. The first-order chi connectivity index (χ1) is 3.86. The second-order valence-corrected chi connectivity index (χ2v) is 3.19. The normalized spacial score (nSPS) is 52.9. The van der Waals surface area contributed by atoms with Gasteiger partial charge in [-0.15, -0.1) is 11.6 Å². The summed E-state index contributed by atoms with van der Waals surface area (Å²) < 4.78 is 5.45. The summed E-state index contributed by atoms with van der Waals surface area (Å²) in [4.78, 5) is 0. The SMILES string of the molecule is Cl[C@H]1C[C@@H]2CC[C@H]1O2. The van der Waals surface area contributed by atoms with Gasteiger partial charge in [-0.1, -0.05) is 0 Å². The van der Waals surface area contributed by atoms with Crippen molar-refractivity contribution in [2.24, 2.45) is 0 Å². The van der Waals surface area contributed by atoms with Gasteiger partial charge < -0.3 is 4.74 Å². The van der Waals surface area contributed by atoms with E-state index in [4.69, 9.17) is 16.3 Å². The van der Waals surface area contributed by atoms with Crippen molar-refractivity contribution >= 4 is 11.6 Å². The maximum absolute atomic E-state index is 5.88. The first-order valence-corrected chi connectivity index (χ1v) is 3.59. The number of hydrogen-bond donors (Lipinski definition) is 0. The van der Waals surface area contributed by atoms with E-state index < -0.39 is 0 Å². The molecule has 2 heterocycles. The first-order valence-electron chi connectivity index (χ1n) is 3.16. The lowest BCUT2D eigenvalue weighted by Gasteiger charge is -2.08. The molecule has 0 radical (unpaired) electrons. The maximum atomic E-state index is 5.88. The summed E-state index contributed by atoms with van der Waals surface area (Å²) in [6, 6.07) is 0. The van der Waals surface area contributed by atoms with Crippen LogP contribution in [0.15, 0.2) is 0 Å². The van der Waals surface area contributed by atoms with Crippen LogP contribution in [0.5, 0.6) is 0 Å². The highest BCUT2D eigenvalue weighted by molar-refractivity contribution is 6.21. The Morgan fingerprint density at radius 3 is 2.50 bits per heavy atom. The van der Waals surface area contributed by atoms with E-state index in [1.165, 1.54) is 12.8 Å². The molecule has 2 aliphatic heterocycles. The van der Waals surface area contributed by atoms with Gasteiger partial charge in [-0.25, -0.2) is 0 Å². The molecule has 0 aromatic heterocycles. The third kappa shape index (κ3) is 0.579. The van der Waals surface area contributed by atoms with E-state index in [9.17, 15) is 0 Å². The Bertz CT molecular complexity index is 103. The van der Waals surface area contributed by atoms with Crippen LogP contribution in [0.1, 0.15) is 19.3 Å². The highest BCUT2D eigenvalue weighted by Gasteiger charge is 2.39. The predicted octanol–water partition coefficient (Wildman–Crippen LogP) is 1.55. The molecule has 2 fully saturated rings. The largest absolute Gasteiger partial charge is 0.373 e. The molecular formula is C6H9ClO. The lowest BCUT2D eigenvalue weighted by Crippen LogP contribution is -2.15. The second kappa shape index (κ2) is 1.61. The van der Waals surface area contributed by atoms with E-state index in [2.05, 4.69) is 0 Å². The Hall–Kier alpha value is 0.250. The molecule has 0 saturated carbocycles. The number of hydrogen-bond acceptors (Lipinski definition) is 1. The minimum absolute atomic E-state index is 0.328. The van der Waals surface area contributed by atoms with Crippen LogP contribution in [0.3, 0.4) is 0 Å². The molecule has 2 bridgehead atoms. The third-order valence-corrected chi connectivity index (χ3v) is 2.49. The smallest absolute Gasteiger partial charge is 0.0744 e. The average molecular weight is 133 g/mol. The van der Waals surface area contributed by atoms with Crippen molar-refractivity contribution < 1.29 is 4.74 Å². The third-order valence-electron chi connectivity index (χ3n) is 2.03. The lowest BCUT2D eigenvalue weighted by molar-refractivity contribution is 0.105. The summed E-state index contributed by atoms with van der Waals surface area (Å²) in [5, 5.41) is 0.328. The number of fused-ring (bicyclic) bond motifs is 2. The molecule has 2 aliphatic rings. The summed E-state index contributed by atoms with van der Waals surface area (Å²) in [6.45, 7) is 0. The van der Waals surface area contributed by atoms with Crippen molar-refractivity contribution in [2.75, 3.05) is 0 Å². The first kappa shape index (κ1) is 5.07. The van der Waals surface area contributed by atoms with Crippen molar-refractivity contribution in [3.63, 3.8) is 0 Å². The van der Waals surface area contributed by atoms with E-state index in [0.29, 0.717) is 17.6 Å². The van der Waals surface area contributed by atoms with E-state index in [1.807, 2.05) is 0 Å². The highest BCUT2D eigenvalue weighted by Crippen LogP contribution is 2.37. The van der Waals surface area contributed by atoms with Crippen molar-refractivity contribution in [1.29, 1.82) is 0 Å². The van der Waals surface area contributed by atoms with Gasteiger partial charge in [-0.3, -0.25) is 0 Å². The van der Waals surface area contributed by atoms with Gasteiger partial charge in [0.1, 0.15) is 0 Å². The molecule has 46 valence electrons. The van der Waals surface area contributed by atoms with Crippen LogP contribution >= 0.6 is 11.6 Å². The number of ether oxygens (including phenoxy) is 1. The average Bonchev–Trinajstić information content (AvgIpc) is 2.23. The Morgan fingerprint density at radius 2 is 2.25 bits per heavy atom. The Labute approximate surface area is 54.0 Å². The van der Waals surface area contributed by atoms with Crippen molar-refractivity contribution in [2.45, 2.75) is 36.8 Å². The molecular weight excluding hydrogens is 124 g/mol. The molecule has 0 N–H and O–H groups in total. The molecule has 2 heteroatoms. The quantitative estimate of drug-likeness (QED) is 0.455. The number of halogens is 1. The van der Waals surface area contributed by atoms with Crippen LogP contribution in [0.2, 0.25) is 0 Å². The van der Waals surface area contributed by atoms with Crippen molar-refractivity contribution in [3.05, 3.63) is 0 Å². The van der Waals surface area contributed by atoms with Gasteiger partial charge in [-0.05, 0) is 19.3 Å². The molecule has 2 saturated heterocycles. The fourth-order valence-electron chi connectivity index (χ4n) is 1.58. The van der Waals surface area contributed by atoms with Gasteiger partial charge in [0.15, 0.2) is 0 Å². The minimum atomic E-state index is 0.328. The van der Waals surface area contributed by atoms with Crippen LogP contribution < -0.4 is 0 Å². The standard InChI is InChI=1S/C6H9ClO/c7-5-3-4-1-2-6(5)8-4/h4-6H,1-3H2/t4-,5-,6+/m0/s1. The molecule has 0 aromatic rings. The van der Waals surface area contributed by atoms with Crippen LogP contribution in [0.25, 0.3) is 0 Å². The van der Waals surface area contributed by atoms with E-state index in [0.717, 1.165) is 6.42 Å². The summed E-state index contributed by atoms with van der Waals surface area (Å²) in [5.41, 5.74) is 0. The minimum Gasteiger partial charge on any atom is -0.373 e. The summed E-state index contributed by atoms with van der Waals surface area (Å²) >= 11 is 5.88. The van der Waals surface area contributed by atoms with Crippen LogP contribution in [-0.4, -0.2) is 17.6 Å². The fraction of sp³-hybridized carbons (Fsp3) is 1.00. The number of rotatable bonds is 0. The molecule has 0 unspecified atom stereocenters. The zero-order valence-electron chi connectivity index (χ0n) is 4.64. The highest BCUT2D eigenvalue weighted by atomic mass is 35.5. The summed E-state index contributed by atoms with van der Waals surface area (Å²) in [5.74, 6) is 0. The lowest BCUT2D eigenvalue weighted by atomic mass is 10.0. The van der Waals surface area contributed by atoms with Gasteiger partial charge in [0.25, 0.3) is 0 Å². The predicted molar refractivity (Wildman–Crippen MR) is 32.2 cm³/mol. The molecule has 0 amide bonds. The van der Waals surface area contributed by atoms with Crippen LogP contribution in [-0.2, 0) is 4.74 Å². The molecule has 8 heavy (non-hydrogen) atoms. The maximum Gasteiger partial charge on any atom is 0.0744 e. The van der Waals surface area contributed by atoms with E-state index in [1.54, 1.807) is 0 Å². The van der Waals surface area contributed by atoms with E-state index >= 15 is 0 Å². The van der Waals surface area contributed by atoms with Crippen LogP contribution in [0, 0.1) is 0 Å². The molecule has 3 atom stereocenters. The fourth-order valence-corrected chi connectivity index (χ4v) is 1.96. The van der Waals surface area contributed by atoms with Gasteiger partial charge >= 0.3 is 0 Å². The number of alkyl halides is 1. The topological polar surface area (TPSA) is 9.23 Å². The molecule has 1 nitrogen and oxygen atoms in total.